The van der Waals surface area contributed by atoms with Crippen LogP contribution in [0, 0.1) is 13.8 Å². The van der Waals surface area contributed by atoms with Crippen LogP contribution in [-0.4, -0.2) is 4.98 Å². The molecule has 0 atom stereocenters. The normalized spacial score (nSPS) is 13.3. The summed E-state index contributed by atoms with van der Waals surface area (Å²) >= 11 is 0. The Balaban J connectivity index is 1.95. The fraction of sp³-hybridized carbons (Fsp3) is 0.105. The molecule has 0 aliphatic carbocycles. The highest BCUT2D eigenvalue weighted by molar-refractivity contribution is 5.70. The summed E-state index contributed by atoms with van der Waals surface area (Å²) in [6, 6.07) is 19.1. The van der Waals surface area contributed by atoms with E-state index in [1.807, 2.05) is 55.6 Å². The van der Waals surface area contributed by atoms with Gasteiger partial charge in [-0.25, -0.2) is 0 Å². The van der Waals surface area contributed by atoms with Crippen LogP contribution >= 0.6 is 0 Å². The smallest absolute Gasteiger partial charge is 0.0705 e. The van der Waals surface area contributed by atoms with E-state index in [0.29, 0.717) is 5.56 Å². The van der Waals surface area contributed by atoms with Crippen molar-refractivity contribution in [2.45, 2.75) is 13.8 Å². The molecule has 1 aromatic heterocycles. The lowest BCUT2D eigenvalue weighted by atomic mass is 10.00. The molecular weight excluding hydrogens is 242 g/mol. The first kappa shape index (κ1) is 9.49. The van der Waals surface area contributed by atoms with Crippen molar-refractivity contribution >= 4 is 0 Å². The Morgan fingerprint density at radius 3 is 2.30 bits per heavy atom. The third-order valence-electron chi connectivity index (χ3n) is 3.38. The van der Waals surface area contributed by atoms with Crippen molar-refractivity contribution in [1.82, 2.24) is 4.98 Å². The second-order valence-electron chi connectivity index (χ2n) is 4.83. The molecule has 3 rings (SSSR count). The quantitative estimate of drug-likeness (QED) is 0.631. The van der Waals surface area contributed by atoms with E-state index in [-0.39, 0.29) is 0 Å². The number of aromatic nitrogens is 1. The van der Waals surface area contributed by atoms with Gasteiger partial charge in [-0.1, -0.05) is 60.2 Å². The summed E-state index contributed by atoms with van der Waals surface area (Å²) in [7, 11) is 0. The number of aryl methyl sites for hydroxylation is 2. The van der Waals surface area contributed by atoms with Crippen LogP contribution < -0.4 is 0 Å². The van der Waals surface area contributed by atoms with Gasteiger partial charge in [0.1, 0.15) is 0 Å². The van der Waals surface area contributed by atoms with E-state index in [4.69, 9.17) is 4.11 Å². The lowest BCUT2D eigenvalue weighted by Crippen LogP contribution is -1.89. The zero-order chi connectivity index (χ0) is 16.4. The summed E-state index contributed by atoms with van der Waals surface area (Å²) in [4.78, 5) is 4.55. The Kier molecular flexibility index (Phi) is 2.51. The molecule has 0 spiro atoms. The summed E-state index contributed by atoms with van der Waals surface area (Å²) in [6.07, 6.45) is 1.85. The zero-order valence-corrected chi connectivity index (χ0v) is 11.3. The lowest BCUT2D eigenvalue weighted by molar-refractivity contribution is 1.28. The van der Waals surface area contributed by atoms with Gasteiger partial charge in [0.05, 0.1) is 5.69 Å². The minimum absolute atomic E-state index is 0.354. The summed E-state index contributed by atoms with van der Waals surface area (Å²) in [5, 5.41) is 0. The number of benzene rings is 2. The molecule has 0 saturated heterocycles. The summed E-state index contributed by atoms with van der Waals surface area (Å²) < 4.78 is 22.3. The fourth-order valence-electron chi connectivity index (χ4n) is 2.27. The molecule has 2 aromatic carbocycles. The molecule has 0 amide bonds. The second kappa shape index (κ2) is 5.30. The Labute approximate surface area is 124 Å². The highest BCUT2D eigenvalue weighted by Gasteiger charge is 2.05. The average molecular weight is 262 g/mol. The van der Waals surface area contributed by atoms with Gasteiger partial charge in [0, 0.05) is 21.4 Å². The standard InChI is InChI=1S/C19H17N/c1-14-8-10-16(11-9-14)18-13-20-19(12-15(18)2)17-6-4-3-5-7-17/h3-13H,1-2H3/i1D3. The minimum atomic E-state index is -2.07. The van der Waals surface area contributed by atoms with Crippen molar-refractivity contribution in [3.63, 3.8) is 0 Å². The molecule has 0 N–H and O–H groups in total. The summed E-state index contributed by atoms with van der Waals surface area (Å²) in [5.74, 6) is 0. The van der Waals surface area contributed by atoms with Gasteiger partial charge in [0.25, 0.3) is 0 Å². The van der Waals surface area contributed by atoms with Crippen LogP contribution in [0.5, 0.6) is 0 Å². The Morgan fingerprint density at radius 2 is 1.65 bits per heavy atom. The monoisotopic (exact) mass is 262 g/mol. The first-order valence-electron chi connectivity index (χ1n) is 8.08. The highest BCUT2D eigenvalue weighted by atomic mass is 14.7. The second-order valence-corrected chi connectivity index (χ2v) is 4.83. The first-order valence-corrected chi connectivity index (χ1v) is 6.58. The van der Waals surface area contributed by atoms with Crippen molar-refractivity contribution in [3.05, 3.63) is 78.0 Å². The molecule has 1 heterocycles. The molecule has 3 aromatic rings. The van der Waals surface area contributed by atoms with E-state index in [9.17, 15) is 0 Å². The molecule has 1 heteroatoms. The van der Waals surface area contributed by atoms with Crippen LogP contribution in [0.4, 0.5) is 0 Å². The predicted molar refractivity (Wildman–Crippen MR) is 84.6 cm³/mol. The van der Waals surface area contributed by atoms with Crippen molar-refractivity contribution in [1.29, 1.82) is 0 Å². The molecule has 0 unspecified atom stereocenters. The van der Waals surface area contributed by atoms with Crippen LogP contribution in [0.3, 0.4) is 0 Å². The van der Waals surface area contributed by atoms with Gasteiger partial charge in [0.15, 0.2) is 0 Å². The molecule has 0 bridgehead atoms. The third kappa shape index (κ3) is 2.48. The van der Waals surface area contributed by atoms with E-state index in [1.54, 1.807) is 12.1 Å². The van der Waals surface area contributed by atoms with Crippen molar-refractivity contribution in [2.24, 2.45) is 0 Å². The number of pyridine rings is 1. The van der Waals surface area contributed by atoms with Gasteiger partial charge in [-0.2, -0.15) is 0 Å². The number of nitrogens with zero attached hydrogens (tertiary/aromatic N) is 1. The Bertz CT molecular complexity index is 806. The highest BCUT2D eigenvalue weighted by Crippen LogP contribution is 2.26. The summed E-state index contributed by atoms with van der Waals surface area (Å²) in [5.41, 5.74) is 5.48. The van der Waals surface area contributed by atoms with Crippen LogP contribution in [-0.2, 0) is 0 Å². The summed E-state index contributed by atoms with van der Waals surface area (Å²) in [6.45, 7) is -0.0237. The maximum absolute atomic E-state index is 7.43. The molecule has 0 aliphatic rings. The van der Waals surface area contributed by atoms with Crippen LogP contribution in [0.1, 0.15) is 15.2 Å². The van der Waals surface area contributed by atoms with E-state index in [1.165, 1.54) is 0 Å². The lowest BCUT2D eigenvalue weighted by Gasteiger charge is -2.08. The predicted octanol–water partition coefficient (Wildman–Crippen LogP) is 5.03. The number of rotatable bonds is 2. The van der Waals surface area contributed by atoms with E-state index in [2.05, 4.69) is 11.1 Å². The molecule has 20 heavy (non-hydrogen) atoms. The Hall–Kier alpha value is -2.41. The zero-order valence-electron chi connectivity index (χ0n) is 14.3. The largest absolute Gasteiger partial charge is 0.256 e. The number of hydrogen-bond acceptors (Lipinski definition) is 1. The molecule has 0 saturated carbocycles. The van der Waals surface area contributed by atoms with E-state index < -0.39 is 6.85 Å². The van der Waals surface area contributed by atoms with E-state index in [0.717, 1.165) is 27.9 Å². The SMILES string of the molecule is [2H]C([2H])([2H])c1ccc(-c2cnc(-c3ccccc3)cc2C)cc1. The van der Waals surface area contributed by atoms with Gasteiger partial charge in [-0.3, -0.25) is 4.98 Å². The number of hydrogen-bond donors (Lipinski definition) is 0. The fourth-order valence-corrected chi connectivity index (χ4v) is 2.27. The van der Waals surface area contributed by atoms with Gasteiger partial charge in [0.2, 0.25) is 0 Å². The third-order valence-corrected chi connectivity index (χ3v) is 3.38. The first-order chi connectivity index (χ1) is 10.9. The van der Waals surface area contributed by atoms with Gasteiger partial charge in [-0.15, -0.1) is 0 Å². The molecule has 98 valence electrons. The van der Waals surface area contributed by atoms with Crippen LogP contribution in [0.15, 0.2) is 66.9 Å². The molecule has 0 radical (unpaired) electrons. The van der Waals surface area contributed by atoms with Gasteiger partial charge >= 0.3 is 0 Å². The van der Waals surface area contributed by atoms with Crippen LogP contribution in [0.2, 0.25) is 0 Å². The van der Waals surface area contributed by atoms with Gasteiger partial charge < -0.3 is 0 Å². The molecule has 1 nitrogen and oxygen atoms in total. The molecule has 0 aliphatic heterocycles. The van der Waals surface area contributed by atoms with Gasteiger partial charge in [-0.05, 0) is 31.0 Å². The van der Waals surface area contributed by atoms with Crippen molar-refractivity contribution in [2.75, 3.05) is 0 Å². The maximum Gasteiger partial charge on any atom is 0.0705 e. The average Bonchev–Trinajstić information content (AvgIpc) is 2.55. The minimum Gasteiger partial charge on any atom is -0.256 e. The molecular formula is C19H17N. The van der Waals surface area contributed by atoms with E-state index >= 15 is 0 Å². The van der Waals surface area contributed by atoms with Crippen LogP contribution in [0.25, 0.3) is 22.4 Å². The van der Waals surface area contributed by atoms with Crippen molar-refractivity contribution in [3.8, 4) is 22.4 Å². The Morgan fingerprint density at radius 1 is 0.900 bits per heavy atom. The topological polar surface area (TPSA) is 12.9 Å². The maximum atomic E-state index is 7.43. The molecule has 0 fully saturated rings. The van der Waals surface area contributed by atoms with Crippen molar-refractivity contribution < 1.29 is 4.11 Å².